The minimum Gasteiger partial charge on any atom is -0.388 e. The molecule has 4 nitrogen and oxygen atoms in total. The van der Waals surface area contributed by atoms with Gasteiger partial charge in [0.15, 0.2) is 0 Å². The van der Waals surface area contributed by atoms with Gasteiger partial charge in [0.25, 0.3) is 0 Å². The molecule has 4 heteroatoms. The van der Waals surface area contributed by atoms with E-state index in [1.165, 1.54) is 12.8 Å². The summed E-state index contributed by atoms with van der Waals surface area (Å²) in [5, 5.41) is 17.7. The van der Waals surface area contributed by atoms with Crippen LogP contribution < -0.4 is 5.32 Å². The number of aromatic nitrogens is 2. The number of hydrogen-bond donors (Lipinski definition) is 2. The van der Waals surface area contributed by atoms with Gasteiger partial charge in [-0.25, -0.2) is 0 Å². The van der Waals surface area contributed by atoms with Crippen LogP contribution in [0.4, 0.5) is 0 Å². The quantitative estimate of drug-likeness (QED) is 0.741. The maximum absolute atomic E-state index is 10.1. The average molecular weight is 209 g/mol. The van der Waals surface area contributed by atoms with Crippen molar-refractivity contribution >= 4 is 0 Å². The Kier molecular flexibility index (Phi) is 2.80. The molecule has 0 amide bonds. The number of hydrogen-bond acceptors (Lipinski definition) is 3. The predicted octanol–water partition coefficient (Wildman–Crippen LogP) is 0.466. The van der Waals surface area contributed by atoms with Crippen LogP contribution in [0.2, 0.25) is 0 Å². The second-order valence-electron chi connectivity index (χ2n) is 4.81. The molecule has 2 N–H and O–H groups in total. The van der Waals surface area contributed by atoms with Gasteiger partial charge in [-0.1, -0.05) is 0 Å². The maximum atomic E-state index is 10.1. The van der Waals surface area contributed by atoms with E-state index >= 15 is 0 Å². The van der Waals surface area contributed by atoms with Crippen molar-refractivity contribution in [3.8, 4) is 0 Å². The molecule has 1 saturated carbocycles. The van der Waals surface area contributed by atoms with E-state index in [4.69, 9.17) is 0 Å². The van der Waals surface area contributed by atoms with Crippen LogP contribution in [0.1, 0.15) is 25.5 Å². The lowest BCUT2D eigenvalue weighted by Gasteiger charge is -2.22. The summed E-state index contributed by atoms with van der Waals surface area (Å²) in [4.78, 5) is 0. The molecule has 1 aromatic rings. The van der Waals surface area contributed by atoms with E-state index in [2.05, 4.69) is 10.4 Å². The first-order chi connectivity index (χ1) is 7.05. The van der Waals surface area contributed by atoms with Crippen molar-refractivity contribution in [1.29, 1.82) is 0 Å². The van der Waals surface area contributed by atoms with E-state index in [1.54, 1.807) is 4.68 Å². The number of rotatable bonds is 5. The van der Waals surface area contributed by atoms with Crippen molar-refractivity contribution < 1.29 is 5.11 Å². The SMILES string of the molecule is Cn1ccc(CC(C)(O)CNC2CC2)n1. The Morgan fingerprint density at radius 2 is 2.40 bits per heavy atom. The Bertz CT molecular complexity index is 328. The van der Waals surface area contributed by atoms with Crippen LogP contribution in [0.25, 0.3) is 0 Å². The number of aliphatic hydroxyl groups is 1. The highest BCUT2D eigenvalue weighted by Gasteiger charge is 2.27. The van der Waals surface area contributed by atoms with Crippen LogP contribution in [0.15, 0.2) is 12.3 Å². The van der Waals surface area contributed by atoms with Gasteiger partial charge in [-0.15, -0.1) is 0 Å². The predicted molar refractivity (Wildman–Crippen MR) is 58.6 cm³/mol. The smallest absolute Gasteiger partial charge is 0.0799 e. The Balaban J connectivity index is 1.84. The highest BCUT2D eigenvalue weighted by Crippen LogP contribution is 2.20. The Labute approximate surface area is 90.3 Å². The molecule has 0 aromatic carbocycles. The maximum Gasteiger partial charge on any atom is 0.0799 e. The molecule has 1 heterocycles. The molecule has 0 spiro atoms. The Morgan fingerprint density at radius 3 is 2.93 bits per heavy atom. The van der Waals surface area contributed by atoms with Gasteiger partial charge in [-0.3, -0.25) is 4.68 Å². The van der Waals surface area contributed by atoms with Crippen molar-refractivity contribution in [2.24, 2.45) is 7.05 Å². The van der Waals surface area contributed by atoms with Gasteiger partial charge in [0.05, 0.1) is 11.3 Å². The summed E-state index contributed by atoms with van der Waals surface area (Å²) in [5.74, 6) is 0. The van der Waals surface area contributed by atoms with Gasteiger partial charge in [-0.05, 0) is 25.8 Å². The van der Waals surface area contributed by atoms with Crippen LogP contribution >= 0.6 is 0 Å². The molecular formula is C11H19N3O. The third-order valence-electron chi connectivity index (χ3n) is 2.68. The molecule has 1 aliphatic carbocycles. The van der Waals surface area contributed by atoms with Crippen molar-refractivity contribution in [3.63, 3.8) is 0 Å². The number of nitrogens with one attached hydrogen (secondary N) is 1. The summed E-state index contributed by atoms with van der Waals surface area (Å²) in [6.07, 6.45) is 5.01. The van der Waals surface area contributed by atoms with Crippen LogP contribution in [-0.4, -0.2) is 33.1 Å². The first-order valence-electron chi connectivity index (χ1n) is 5.49. The van der Waals surface area contributed by atoms with Crippen LogP contribution in [0.5, 0.6) is 0 Å². The molecule has 0 bridgehead atoms. The molecule has 1 aromatic heterocycles. The number of aryl methyl sites for hydroxylation is 1. The highest BCUT2D eigenvalue weighted by atomic mass is 16.3. The second-order valence-corrected chi connectivity index (χ2v) is 4.81. The van der Waals surface area contributed by atoms with Crippen LogP contribution in [-0.2, 0) is 13.5 Å². The fourth-order valence-corrected chi connectivity index (χ4v) is 1.66. The fraction of sp³-hybridized carbons (Fsp3) is 0.727. The van der Waals surface area contributed by atoms with Crippen LogP contribution in [0.3, 0.4) is 0 Å². The monoisotopic (exact) mass is 209 g/mol. The highest BCUT2D eigenvalue weighted by molar-refractivity contribution is 5.03. The summed E-state index contributed by atoms with van der Waals surface area (Å²) >= 11 is 0. The Hall–Kier alpha value is -0.870. The van der Waals surface area contributed by atoms with Crippen molar-refractivity contribution in [3.05, 3.63) is 18.0 Å². The van der Waals surface area contributed by atoms with Crippen LogP contribution in [0, 0.1) is 0 Å². The summed E-state index contributed by atoms with van der Waals surface area (Å²) < 4.78 is 1.76. The molecule has 1 unspecified atom stereocenters. The summed E-state index contributed by atoms with van der Waals surface area (Å²) in [7, 11) is 1.89. The van der Waals surface area contributed by atoms with Gasteiger partial charge < -0.3 is 10.4 Å². The van der Waals surface area contributed by atoms with Gasteiger partial charge in [0, 0.05) is 32.3 Å². The molecule has 15 heavy (non-hydrogen) atoms. The van der Waals surface area contributed by atoms with Crippen molar-refractivity contribution in [1.82, 2.24) is 15.1 Å². The van der Waals surface area contributed by atoms with Gasteiger partial charge >= 0.3 is 0 Å². The van der Waals surface area contributed by atoms with E-state index in [0.29, 0.717) is 19.0 Å². The molecule has 84 valence electrons. The van der Waals surface area contributed by atoms with E-state index in [0.717, 1.165) is 5.69 Å². The van der Waals surface area contributed by atoms with Crippen molar-refractivity contribution in [2.75, 3.05) is 6.54 Å². The lowest BCUT2D eigenvalue weighted by Crippen LogP contribution is -2.40. The van der Waals surface area contributed by atoms with E-state index in [9.17, 15) is 5.11 Å². The summed E-state index contributed by atoms with van der Waals surface area (Å²) in [5.41, 5.74) is 0.247. The fourth-order valence-electron chi connectivity index (χ4n) is 1.66. The zero-order chi connectivity index (χ0) is 10.9. The molecule has 1 atom stereocenters. The second kappa shape index (κ2) is 3.94. The average Bonchev–Trinajstić information content (AvgIpc) is 2.88. The zero-order valence-corrected chi connectivity index (χ0v) is 9.40. The normalized spacial score (nSPS) is 20.2. The lowest BCUT2D eigenvalue weighted by molar-refractivity contribution is 0.0586. The topological polar surface area (TPSA) is 50.1 Å². The third-order valence-corrected chi connectivity index (χ3v) is 2.68. The first kappa shape index (κ1) is 10.6. The van der Waals surface area contributed by atoms with Gasteiger partial charge in [0.2, 0.25) is 0 Å². The van der Waals surface area contributed by atoms with E-state index < -0.39 is 5.60 Å². The molecule has 0 saturated heterocycles. The summed E-state index contributed by atoms with van der Waals surface area (Å²) in [6.45, 7) is 2.51. The summed E-state index contributed by atoms with van der Waals surface area (Å²) in [6, 6.07) is 2.59. The van der Waals surface area contributed by atoms with Crippen molar-refractivity contribution in [2.45, 2.75) is 37.8 Å². The number of nitrogens with zero attached hydrogens (tertiary/aromatic N) is 2. The molecule has 1 fully saturated rings. The minimum absolute atomic E-state index is 0.605. The van der Waals surface area contributed by atoms with Gasteiger partial charge in [-0.2, -0.15) is 5.10 Å². The standard InChI is InChI=1S/C11H19N3O/c1-11(15,8-12-9-3-4-9)7-10-5-6-14(2)13-10/h5-6,9,12,15H,3-4,7-8H2,1-2H3. The molecule has 0 aliphatic heterocycles. The minimum atomic E-state index is -0.697. The molecule has 2 rings (SSSR count). The Morgan fingerprint density at radius 1 is 1.67 bits per heavy atom. The lowest BCUT2D eigenvalue weighted by atomic mass is 10.0. The largest absolute Gasteiger partial charge is 0.388 e. The zero-order valence-electron chi connectivity index (χ0n) is 9.40. The van der Waals surface area contributed by atoms with Gasteiger partial charge in [0.1, 0.15) is 0 Å². The molecule has 0 radical (unpaired) electrons. The van der Waals surface area contributed by atoms with E-state index in [1.807, 2.05) is 26.2 Å². The molecule has 1 aliphatic rings. The first-order valence-corrected chi connectivity index (χ1v) is 5.49. The third kappa shape index (κ3) is 3.32. The molecular weight excluding hydrogens is 190 g/mol. The van der Waals surface area contributed by atoms with E-state index in [-0.39, 0.29) is 0 Å².